The Labute approximate surface area is 114 Å². The van der Waals surface area contributed by atoms with Crippen molar-refractivity contribution >= 4 is 5.91 Å². The number of para-hydroxylation sites is 1. The standard InChI is InChI=1S/C14H22N2O3/c1-18-10-9-15-8-7-14(17)16-11-12-5-3-4-6-13(12)19-2/h3-6,15H,7-11H2,1-2H3,(H,16,17). The van der Waals surface area contributed by atoms with Crippen LogP contribution in [-0.4, -0.2) is 39.8 Å². The zero-order chi connectivity index (χ0) is 13.9. The van der Waals surface area contributed by atoms with Gasteiger partial charge >= 0.3 is 0 Å². The molecule has 0 atom stereocenters. The molecule has 19 heavy (non-hydrogen) atoms. The molecular formula is C14H22N2O3. The number of hydrogen-bond donors (Lipinski definition) is 2. The second-order valence-corrected chi connectivity index (χ2v) is 4.08. The summed E-state index contributed by atoms with van der Waals surface area (Å²) in [5.74, 6) is 0.817. The number of methoxy groups -OCH3 is 2. The summed E-state index contributed by atoms with van der Waals surface area (Å²) in [6.45, 7) is 2.56. The molecule has 0 heterocycles. The van der Waals surface area contributed by atoms with Crippen molar-refractivity contribution in [2.45, 2.75) is 13.0 Å². The minimum absolute atomic E-state index is 0.0239. The number of hydrogen-bond acceptors (Lipinski definition) is 4. The highest BCUT2D eigenvalue weighted by molar-refractivity contribution is 5.76. The Kier molecular flexibility index (Phi) is 7.62. The Balaban J connectivity index is 2.22. The Bertz CT molecular complexity index is 383. The van der Waals surface area contributed by atoms with Gasteiger partial charge in [0.15, 0.2) is 0 Å². The van der Waals surface area contributed by atoms with E-state index in [2.05, 4.69) is 10.6 Å². The van der Waals surface area contributed by atoms with Crippen LogP contribution in [-0.2, 0) is 16.1 Å². The summed E-state index contributed by atoms with van der Waals surface area (Å²) in [4.78, 5) is 11.6. The average Bonchev–Trinajstić information content (AvgIpc) is 2.45. The van der Waals surface area contributed by atoms with E-state index >= 15 is 0 Å². The lowest BCUT2D eigenvalue weighted by molar-refractivity contribution is -0.121. The maximum absolute atomic E-state index is 11.6. The first-order valence-electron chi connectivity index (χ1n) is 6.36. The fraction of sp³-hybridized carbons (Fsp3) is 0.500. The van der Waals surface area contributed by atoms with Crippen LogP contribution in [0.15, 0.2) is 24.3 Å². The summed E-state index contributed by atoms with van der Waals surface area (Å²) in [6.07, 6.45) is 0.457. The summed E-state index contributed by atoms with van der Waals surface area (Å²) >= 11 is 0. The summed E-state index contributed by atoms with van der Waals surface area (Å²) in [6, 6.07) is 7.66. The molecule has 0 fully saturated rings. The van der Waals surface area contributed by atoms with Crippen LogP contribution in [0.5, 0.6) is 5.75 Å². The molecule has 0 saturated heterocycles. The van der Waals surface area contributed by atoms with Crippen molar-refractivity contribution in [2.24, 2.45) is 0 Å². The summed E-state index contributed by atoms with van der Waals surface area (Å²) in [5.41, 5.74) is 0.977. The van der Waals surface area contributed by atoms with E-state index in [0.717, 1.165) is 17.9 Å². The Morgan fingerprint density at radius 2 is 2.00 bits per heavy atom. The van der Waals surface area contributed by atoms with Gasteiger partial charge in [0.2, 0.25) is 5.91 Å². The molecule has 2 N–H and O–H groups in total. The quantitative estimate of drug-likeness (QED) is 0.653. The molecule has 5 heteroatoms. The maximum atomic E-state index is 11.6. The van der Waals surface area contributed by atoms with Crippen LogP contribution in [0.1, 0.15) is 12.0 Å². The van der Waals surface area contributed by atoms with Crippen molar-refractivity contribution in [3.63, 3.8) is 0 Å². The average molecular weight is 266 g/mol. The number of ether oxygens (including phenoxy) is 2. The molecule has 1 amide bonds. The molecule has 0 spiro atoms. The van der Waals surface area contributed by atoms with Gasteiger partial charge in [-0.15, -0.1) is 0 Å². The summed E-state index contributed by atoms with van der Waals surface area (Å²) in [7, 11) is 3.28. The van der Waals surface area contributed by atoms with Gasteiger partial charge in [-0.3, -0.25) is 4.79 Å². The molecule has 0 saturated carbocycles. The zero-order valence-electron chi connectivity index (χ0n) is 11.6. The lowest BCUT2D eigenvalue weighted by atomic mass is 10.2. The van der Waals surface area contributed by atoms with Crippen LogP contribution in [0.25, 0.3) is 0 Å². The van der Waals surface area contributed by atoms with E-state index in [1.165, 1.54) is 0 Å². The van der Waals surface area contributed by atoms with Crippen LogP contribution < -0.4 is 15.4 Å². The minimum atomic E-state index is 0.0239. The Hall–Kier alpha value is -1.59. The Morgan fingerprint density at radius 3 is 2.74 bits per heavy atom. The van der Waals surface area contributed by atoms with E-state index in [1.54, 1.807) is 14.2 Å². The number of benzene rings is 1. The van der Waals surface area contributed by atoms with Crippen molar-refractivity contribution in [1.29, 1.82) is 0 Å². The third-order valence-corrected chi connectivity index (χ3v) is 2.68. The molecule has 1 aromatic rings. The number of carbonyl (C=O) groups is 1. The molecule has 0 aliphatic heterocycles. The first-order valence-corrected chi connectivity index (χ1v) is 6.36. The van der Waals surface area contributed by atoms with E-state index in [-0.39, 0.29) is 5.91 Å². The molecule has 0 bridgehead atoms. The van der Waals surface area contributed by atoms with Gasteiger partial charge in [0.1, 0.15) is 5.75 Å². The van der Waals surface area contributed by atoms with Crippen LogP contribution in [0.4, 0.5) is 0 Å². The fourth-order valence-electron chi connectivity index (χ4n) is 1.63. The third-order valence-electron chi connectivity index (χ3n) is 2.68. The lowest BCUT2D eigenvalue weighted by Crippen LogP contribution is -2.28. The number of amides is 1. The number of nitrogens with one attached hydrogen (secondary N) is 2. The smallest absolute Gasteiger partial charge is 0.221 e. The van der Waals surface area contributed by atoms with Crippen molar-refractivity contribution in [2.75, 3.05) is 33.9 Å². The molecule has 106 valence electrons. The van der Waals surface area contributed by atoms with Crippen molar-refractivity contribution in [3.8, 4) is 5.75 Å². The topological polar surface area (TPSA) is 59.6 Å². The van der Waals surface area contributed by atoms with Crippen LogP contribution in [0.2, 0.25) is 0 Å². The Morgan fingerprint density at radius 1 is 1.21 bits per heavy atom. The predicted octanol–water partition coefficient (Wildman–Crippen LogP) is 0.938. The first-order chi connectivity index (χ1) is 9.27. The van der Waals surface area contributed by atoms with E-state index in [1.807, 2.05) is 24.3 Å². The second kappa shape index (κ2) is 9.35. The van der Waals surface area contributed by atoms with Gasteiger partial charge in [0.25, 0.3) is 0 Å². The van der Waals surface area contributed by atoms with Gasteiger partial charge < -0.3 is 20.1 Å². The molecule has 1 aromatic carbocycles. The van der Waals surface area contributed by atoms with Gasteiger partial charge in [-0.2, -0.15) is 0 Å². The number of carbonyl (C=O) groups excluding carboxylic acids is 1. The molecule has 1 rings (SSSR count). The molecule has 0 aliphatic carbocycles. The molecule has 0 aliphatic rings. The monoisotopic (exact) mass is 266 g/mol. The summed E-state index contributed by atoms with van der Waals surface area (Å²) in [5, 5.41) is 6.00. The van der Waals surface area contributed by atoms with Crippen LogP contribution >= 0.6 is 0 Å². The minimum Gasteiger partial charge on any atom is -0.496 e. The van der Waals surface area contributed by atoms with E-state index in [4.69, 9.17) is 9.47 Å². The predicted molar refractivity (Wildman–Crippen MR) is 74.2 cm³/mol. The molecular weight excluding hydrogens is 244 g/mol. The van der Waals surface area contributed by atoms with Crippen molar-refractivity contribution in [3.05, 3.63) is 29.8 Å². The third kappa shape index (κ3) is 6.22. The fourth-order valence-corrected chi connectivity index (χ4v) is 1.63. The van der Waals surface area contributed by atoms with Gasteiger partial charge in [-0.1, -0.05) is 18.2 Å². The number of rotatable bonds is 9. The van der Waals surface area contributed by atoms with Gasteiger partial charge in [-0.05, 0) is 6.07 Å². The SMILES string of the molecule is COCCNCCC(=O)NCc1ccccc1OC. The van der Waals surface area contributed by atoms with Crippen LogP contribution in [0, 0.1) is 0 Å². The second-order valence-electron chi connectivity index (χ2n) is 4.08. The highest BCUT2D eigenvalue weighted by Gasteiger charge is 2.04. The molecule has 0 aromatic heterocycles. The molecule has 5 nitrogen and oxygen atoms in total. The zero-order valence-corrected chi connectivity index (χ0v) is 11.6. The van der Waals surface area contributed by atoms with Gasteiger partial charge in [0.05, 0.1) is 13.7 Å². The van der Waals surface area contributed by atoms with Crippen molar-refractivity contribution in [1.82, 2.24) is 10.6 Å². The molecule has 0 unspecified atom stereocenters. The van der Waals surface area contributed by atoms with Gasteiger partial charge in [-0.25, -0.2) is 0 Å². The van der Waals surface area contributed by atoms with E-state index in [0.29, 0.717) is 26.1 Å². The normalized spacial score (nSPS) is 10.2. The summed E-state index contributed by atoms with van der Waals surface area (Å²) < 4.78 is 10.1. The highest BCUT2D eigenvalue weighted by Crippen LogP contribution is 2.16. The maximum Gasteiger partial charge on any atom is 0.221 e. The van der Waals surface area contributed by atoms with E-state index < -0.39 is 0 Å². The van der Waals surface area contributed by atoms with Gasteiger partial charge in [0, 0.05) is 38.7 Å². The van der Waals surface area contributed by atoms with Crippen molar-refractivity contribution < 1.29 is 14.3 Å². The van der Waals surface area contributed by atoms with E-state index in [9.17, 15) is 4.79 Å². The highest BCUT2D eigenvalue weighted by atomic mass is 16.5. The molecule has 0 radical (unpaired) electrons. The first kappa shape index (κ1) is 15.5. The van der Waals surface area contributed by atoms with Crippen LogP contribution in [0.3, 0.4) is 0 Å². The lowest BCUT2D eigenvalue weighted by Gasteiger charge is -2.09. The largest absolute Gasteiger partial charge is 0.496 e.